The molecule has 0 aromatic heterocycles. The molecule has 1 unspecified atom stereocenters. The van der Waals surface area contributed by atoms with E-state index in [1.54, 1.807) is 28.6 Å². The number of nitrogens with zero attached hydrogens (tertiary/aromatic N) is 1. The Hall–Kier alpha value is -0.910. The average Bonchev–Trinajstić information content (AvgIpc) is 2.39. The fourth-order valence-corrected chi connectivity index (χ4v) is 4.36. The molecule has 0 aliphatic carbocycles. The molecular weight excluding hydrogens is 262 g/mol. The van der Waals surface area contributed by atoms with Gasteiger partial charge in [-0.15, -0.1) is 0 Å². The zero-order valence-electron chi connectivity index (χ0n) is 11.2. The second kappa shape index (κ2) is 6.03. The maximum Gasteiger partial charge on any atom is 0.218 e. The molecule has 19 heavy (non-hydrogen) atoms. The zero-order valence-corrected chi connectivity index (χ0v) is 12.1. The number of benzene rings is 1. The van der Waals surface area contributed by atoms with Crippen LogP contribution in [0.5, 0.6) is 0 Å². The van der Waals surface area contributed by atoms with Gasteiger partial charge in [-0.3, -0.25) is 0 Å². The third-order valence-corrected chi connectivity index (χ3v) is 5.61. The smallest absolute Gasteiger partial charge is 0.218 e. The van der Waals surface area contributed by atoms with Gasteiger partial charge in [-0.25, -0.2) is 8.42 Å². The van der Waals surface area contributed by atoms with E-state index in [0.717, 1.165) is 30.4 Å². The minimum atomic E-state index is -3.23. The molecule has 1 N–H and O–H groups in total. The summed E-state index contributed by atoms with van der Waals surface area (Å²) in [4.78, 5) is 0. The molecular formula is C14H21NO3S. The highest BCUT2D eigenvalue weighted by molar-refractivity contribution is 7.88. The molecule has 106 valence electrons. The number of hydrogen-bond acceptors (Lipinski definition) is 3. The van der Waals surface area contributed by atoms with Gasteiger partial charge >= 0.3 is 0 Å². The number of rotatable bonds is 4. The lowest BCUT2D eigenvalue weighted by Gasteiger charge is -2.32. The van der Waals surface area contributed by atoms with Crippen molar-refractivity contribution in [2.24, 2.45) is 0 Å². The van der Waals surface area contributed by atoms with Gasteiger partial charge in [0.2, 0.25) is 10.0 Å². The monoisotopic (exact) mass is 283 g/mol. The second-order valence-corrected chi connectivity index (χ2v) is 7.11. The highest BCUT2D eigenvalue weighted by Gasteiger charge is 2.29. The highest BCUT2D eigenvalue weighted by atomic mass is 32.2. The zero-order chi connectivity index (χ0) is 13.9. The van der Waals surface area contributed by atoms with Gasteiger partial charge in [0.25, 0.3) is 0 Å². The first kappa shape index (κ1) is 14.5. The van der Waals surface area contributed by atoms with Crippen molar-refractivity contribution < 1.29 is 13.5 Å². The molecule has 1 aromatic rings. The molecule has 5 heteroatoms. The maximum atomic E-state index is 12.4. The van der Waals surface area contributed by atoms with Gasteiger partial charge in [0, 0.05) is 12.6 Å². The lowest BCUT2D eigenvalue weighted by Crippen LogP contribution is -2.42. The number of aliphatic hydroxyl groups excluding tert-OH is 1. The Morgan fingerprint density at radius 1 is 1.21 bits per heavy atom. The van der Waals surface area contributed by atoms with Crippen LogP contribution in [0, 0.1) is 0 Å². The van der Waals surface area contributed by atoms with E-state index in [9.17, 15) is 8.42 Å². The van der Waals surface area contributed by atoms with Crippen molar-refractivity contribution in [3.8, 4) is 0 Å². The molecule has 0 amide bonds. The van der Waals surface area contributed by atoms with Crippen LogP contribution in [-0.2, 0) is 22.4 Å². The number of sulfonamides is 1. The van der Waals surface area contributed by atoms with Crippen LogP contribution in [0.1, 0.15) is 37.3 Å². The first-order valence-electron chi connectivity index (χ1n) is 6.71. The summed E-state index contributed by atoms with van der Waals surface area (Å²) in [7, 11) is -3.23. The van der Waals surface area contributed by atoms with Gasteiger partial charge in [0.15, 0.2) is 0 Å². The summed E-state index contributed by atoms with van der Waals surface area (Å²) in [6.07, 6.45) is 3.01. The van der Waals surface area contributed by atoms with E-state index < -0.39 is 10.0 Å². The topological polar surface area (TPSA) is 57.6 Å². The first-order chi connectivity index (χ1) is 9.03. The Morgan fingerprint density at radius 2 is 1.84 bits per heavy atom. The van der Waals surface area contributed by atoms with Crippen LogP contribution in [0.2, 0.25) is 0 Å². The van der Waals surface area contributed by atoms with Gasteiger partial charge in [0.1, 0.15) is 0 Å². The summed E-state index contributed by atoms with van der Waals surface area (Å²) in [5, 5.41) is 8.97. The van der Waals surface area contributed by atoms with Crippen LogP contribution in [0.4, 0.5) is 0 Å². The standard InChI is InChI=1S/C14H21NO3S/c1-12-4-2-3-9-15(12)19(17,18)11-14-7-5-13(10-16)6-8-14/h5-8,12,16H,2-4,9-11H2,1H3. The van der Waals surface area contributed by atoms with Crippen LogP contribution < -0.4 is 0 Å². The van der Waals surface area contributed by atoms with Crippen molar-refractivity contribution in [1.29, 1.82) is 0 Å². The van der Waals surface area contributed by atoms with E-state index in [1.807, 2.05) is 6.92 Å². The van der Waals surface area contributed by atoms with Crippen LogP contribution in [0.15, 0.2) is 24.3 Å². The van der Waals surface area contributed by atoms with E-state index >= 15 is 0 Å². The molecule has 1 saturated heterocycles. The van der Waals surface area contributed by atoms with E-state index in [2.05, 4.69) is 0 Å². The normalized spacial score (nSPS) is 21.5. The van der Waals surface area contributed by atoms with Crippen molar-refractivity contribution in [3.05, 3.63) is 35.4 Å². The second-order valence-electron chi connectivity index (χ2n) is 5.19. The largest absolute Gasteiger partial charge is 0.392 e. The van der Waals surface area contributed by atoms with Crippen LogP contribution in [0.25, 0.3) is 0 Å². The fraction of sp³-hybridized carbons (Fsp3) is 0.571. The maximum absolute atomic E-state index is 12.4. The van der Waals surface area contributed by atoms with E-state index in [4.69, 9.17) is 5.11 Å². The SMILES string of the molecule is CC1CCCCN1S(=O)(=O)Cc1ccc(CO)cc1. The Morgan fingerprint density at radius 3 is 2.42 bits per heavy atom. The lowest BCUT2D eigenvalue weighted by atomic mass is 10.1. The Kier molecular flexibility index (Phi) is 4.60. The highest BCUT2D eigenvalue weighted by Crippen LogP contribution is 2.22. The van der Waals surface area contributed by atoms with Gasteiger partial charge in [-0.2, -0.15) is 4.31 Å². The molecule has 0 radical (unpaired) electrons. The molecule has 0 spiro atoms. The molecule has 1 aliphatic rings. The van der Waals surface area contributed by atoms with Gasteiger partial charge in [-0.1, -0.05) is 30.7 Å². The van der Waals surface area contributed by atoms with Crippen molar-refractivity contribution in [2.75, 3.05) is 6.54 Å². The molecule has 1 fully saturated rings. The third kappa shape index (κ3) is 3.55. The Bertz CT molecular complexity index is 510. The van der Waals surface area contributed by atoms with Crippen molar-refractivity contribution in [3.63, 3.8) is 0 Å². The molecule has 1 aliphatic heterocycles. The van der Waals surface area contributed by atoms with Crippen LogP contribution >= 0.6 is 0 Å². The fourth-order valence-electron chi connectivity index (χ4n) is 2.52. The minimum Gasteiger partial charge on any atom is -0.392 e. The van der Waals surface area contributed by atoms with Gasteiger partial charge in [-0.05, 0) is 30.9 Å². The van der Waals surface area contributed by atoms with E-state index in [-0.39, 0.29) is 18.4 Å². The average molecular weight is 283 g/mol. The predicted octanol–water partition coefficient (Wildman–Crippen LogP) is 1.88. The molecule has 1 aromatic carbocycles. The quantitative estimate of drug-likeness (QED) is 0.918. The molecule has 2 rings (SSSR count). The van der Waals surface area contributed by atoms with Crippen LogP contribution in [-0.4, -0.2) is 30.4 Å². The number of aliphatic hydroxyl groups is 1. The summed E-state index contributed by atoms with van der Waals surface area (Å²) >= 11 is 0. The lowest BCUT2D eigenvalue weighted by molar-refractivity contribution is 0.268. The summed E-state index contributed by atoms with van der Waals surface area (Å²) in [5.74, 6) is 0.0447. The van der Waals surface area contributed by atoms with E-state index in [1.165, 1.54) is 0 Å². The molecule has 1 atom stereocenters. The van der Waals surface area contributed by atoms with Gasteiger partial charge < -0.3 is 5.11 Å². The van der Waals surface area contributed by atoms with Crippen LogP contribution in [0.3, 0.4) is 0 Å². The predicted molar refractivity (Wildman–Crippen MR) is 75.0 cm³/mol. The summed E-state index contributed by atoms with van der Waals surface area (Å²) in [5.41, 5.74) is 1.57. The molecule has 4 nitrogen and oxygen atoms in total. The summed E-state index contributed by atoms with van der Waals surface area (Å²) in [6.45, 7) is 2.60. The van der Waals surface area contributed by atoms with Gasteiger partial charge in [0.05, 0.1) is 12.4 Å². The van der Waals surface area contributed by atoms with Crippen molar-refractivity contribution in [2.45, 2.75) is 44.6 Å². The third-order valence-electron chi connectivity index (χ3n) is 3.65. The minimum absolute atomic E-state index is 0.0177. The number of piperidine rings is 1. The molecule has 1 heterocycles. The Balaban J connectivity index is 2.11. The Labute approximate surface area is 115 Å². The number of hydrogen-bond donors (Lipinski definition) is 1. The first-order valence-corrected chi connectivity index (χ1v) is 8.32. The molecule has 0 bridgehead atoms. The van der Waals surface area contributed by atoms with Crippen molar-refractivity contribution >= 4 is 10.0 Å². The van der Waals surface area contributed by atoms with Crippen molar-refractivity contribution in [1.82, 2.24) is 4.31 Å². The summed E-state index contributed by atoms with van der Waals surface area (Å²) in [6, 6.07) is 7.19. The van der Waals surface area contributed by atoms with E-state index in [0.29, 0.717) is 6.54 Å². The summed E-state index contributed by atoms with van der Waals surface area (Å²) < 4.78 is 26.4. The molecule has 0 saturated carbocycles.